The summed E-state index contributed by atoms with van der Waals surface area (Å²) in [5.41, 5.74) is 7.45. The number of benzene rings is 1. The van der Waals surface area contributed by atoms with Crippen LogP contribution in [-0.4, -0.2) is 29.9 Å². The number of carbonyl (C=O) groups excluding carboxylic acids is 1. The number of carbonyl (C=O) groups is 1. The number of nitrogens with two attached hydrogens (primary N) is 1. The van der Waals surface area contributed by atoms with E-state index in [1.807, 2.05) is 11.0 Å². The van der Waals surface area contributed by atoms with Crippen molar-refractivity contribution < 1.29 is 4.79 Å². The molecule has 1 saturated heterocycles. The zero-order chi connectivity index (χ0) is 15.5. The fourth-order valence-electron chi connectivity index (χ4n) is 3.35. The Bertz CT molecular complexity index is 471. The van der Waals surface area contributed by atoms with Gasteiger partial charge < -0.3 is 10.6 Å². The molecule has 1 heterocycles. The van der Waals surface area contributed by atoms with Gasteiger partial charge in [-0.2, -0.15) is 0 Å². The van der Waals surface area contributed by atoms with Crippen LogP contribution in [0.2, 0.25) is 0 Å². The first-order valence-corrected chi connectivity index (χ1v) is 8.02. The van der Waals surface area contributed by atoms with Crippen molar-refractivity contribution in [1.29, 1.82) is 0 Å². The van der Waals surface area contributed by atoms with Crippen molar-refractivity contribution in [2.75, 3.05) is 13.1 Å². The van der Waals surface area contributed by atoms with Crippen LogP contribution in [0.4, 0.5) is 0 Å². The van der Waals surface area contributed by atoms with E-state index in [0.29, 0.717) is 5.92 Å². The van der Waals surface area contributed by atoms with Crippen molar-refractivity contribution in [3.05, 3.63) is 35.9 Å². The highest BCUT2D eigenvalue weighted by Gasteiger charge is 2.35. The smallest absolute Gasteiger partial charge is 0.239 e. The highest BCUT2D eigenvalue weighted by atomic mass is 16.2. The van der Waals surface area contributed by atoms with Crippen molar-refractivity contribution in [3.63, 3.8) is 0 Å². The zero-order valence-electron chi connectivity index (χ0n) is 13.5. The van der Waals surface area contributed by atoms with Crippen molar-refractivity contribution in [1.82, 2.24) is 4.90 Å². The molecule has 0 aliphatic carbocycles. The predicted octanol–water partition coefficient (Wildman–Crippen LogP) is 2.94. The molecule has 0 aromatic heterocycles. The standard InChI is InChI=1S/C18H28N2O/c1-14(2)12-16(19)17(21)20-11-7-10-18(3,13-20)15-8-5-4-6-9-15/h4-6,8-9,14,16H,7,10-13,19H2,1-3H3/t16-,18?/m0/s1. The van der Waals surface area contributed by atoms with Gasteiger partial charge in [-0.05, 0) is 30.7 Å². The highest BCUT2D eigenvalue weighted by molar-refractivity contribution is 5.81. The molecule has 1 amide bonds. The molecule has 2 N–H and O–H groups in total. The number of hydrogen-bond acceptors (Lipinski definition) is 2. The van der Waals surface area contributed by atoms with Gasteiger partial charge >= 0.3 is 0 Å². The lowest BCUT2D eigenvalue weighted by Crippen LogP contribution is -2.52. The topological polar surface area (TPSA) is 46.3 Å². The summed E-state index contributed by atoms with van der Waals surface area (Å²) in [4.78, 5) is 14.5. The normalized spacial score (nSPS) is 24.1. The summed E-state index contributed by atoms with van der Waals surface area (Å²) in [6, 6.07) is 10.2. The van der Waals surface area contributed by atoms with Crippen LogP contribution in [0.3, 0.4) is 0 Å². The average molecular weight is 288 g/mol. The molecule has 0 radical (unpaired) electrons. The Labute approximate surface area is 128 Å². The van der Waals surface area contributed by atoms with Crippen LogP contribution < -0.4 is 5.73 Å². The third-order valence-electron chi connectivity index (χ3n) is 4.52. The quantitative estimate of drug-likeness (QED) is 0.926. The summed E-state index contributed by atoms with van der Waals surface area (Å²) in [6.45, 7) is 8.10. The summed E-state index contributed by atoms with van der Waals surface area (Å²) in [6.07, 6.45) is 2.93. The van der Waals surface area contributed by atoms with Gasteiger partial charge in [-0.25, -0.2) is 0 Å². The highest BCUT2D eigenvalue weighted by Crippen LogP contribution is 2.33. The van der Waals surface area contributed by atoms with E-state index in [1.165, 1.54) is 5.56 Å². The number of hydrogen-bond donors (Lipinski definition) is 1. The van der Waals surface area contributed by atoms with Crippen LogP contribution in [0.5, 0.6) is 0 Å². The maximum Gasteiger partial charge on any atom is 0.239 e. The Morgan fingerprint density at radius 2 is 2.00 bits per heavy atom. The lowest BCUT2D eigenvalue weighted by atomic mass is 9.76. The molecule has 3 heteroatoms. The van der Waals surface area contributed by atoms with E-state index >= 15 is 0 Å². The summed E-state index contributed by atoms with van der Waals surface area (Å²) in [7, 11) is 0. The molecule has 1 aromatic rings. The Morgan fingerprint density at radius 3 is 2.62 bits per heavy atom. The fraction of sp³-hybridized carbons (Fsp3) is 0.611. The molecule has 0 spiro atoms. The van der Waals surface area contributed by atoms with E-state index in [9.17, 15) is 4.79 Å². The van der Waals surface area contributed by atoms with Gasteiger partial charge in [0.2, 0.25) is 5.91 Å². The molecule has 116 valence electrons. The molecule has 21 heavy (non-hydrogen) atoms. The van der Waals surface area contributed by atoms with Crippen molar-refractivity contribution in [2.24, 2.45) is 11.7 Å². The van der Waals surface area contributed by atoms with E-state index in [0.717, 1.165) is 32.4 Å². The molecule has 0 saturated carbocycles. The largest absolute Gasteiger partial charge is 0.340 e. The van der Waals surface area contributed by atoms with Crippen molar-refractivity contribution in [3.8, 4) is 0 Å². The lowest BCUT2D eigenvalue weighted by molar-refractivity contribution is -0.135. The SMILES string of the molecule is CC(C)C[C@H](N)C(=O)N1CCCC(C)(c2ccccc2)C1. The van der Waals surface area contributed by atoms with Gasteiger partial charge in [0.25, 0.3) is 0 Å². The van der Waals surface area contributed by atoms with E-state index in [2.05, 4.69) is 45.0 Å². The third kappa shape index (κ3) is 3.85. The number of amides is 1. The van der Waals surface area contributed by atoms with Crippen LogP contribution in [0.1, 0.15) is 45.6 Å². The number of likely N-dealkylation sites (tertiary alicyclic amines) is 1. The van der Waals surface area contributed by atoms with E-state index in [4.69, 9.17) is 5.73 Å². The van der Waals surface area contributed by atoms with Crippen molar-refractivity contribution in [2.45, 2.75) is 51.5 Å². The lowest BCUT2D eigenvalue weighted by Gasteiger charge is -2.42. The Kier molecular flexibility index (Phi) is 5.04. The predicted molar refractivity (Wildman–Crippen MR) is 87.0 cm³/mol. The minimum atomic E-state index is -0.358. The summed E-state index contributed by atoms with van der Waals surface area (Å²) >= 11 is 0. The van der Waals surface area contributed by atoms with Gasteiger partial charge in [-0.1, -0.05) is 51.1 Å². The molecule has 1 fully saturated rings. The third-order valence-corrected chi connectivity index (χ3v) is 4.52. The van der Waals surface area contributed by atoms with E-state index in [-0.39, 0.29) is 17.4 Å². The van der Waals surface area contributed by atoms with Gasteiger partial charge in [0.05, 0.1) is 6.04 Å². The second kappa shape index (κ2) is 6.61. The van der Waals surface area contributed by atoms with Crippen LogP contribution in [0.15, 0.2) is 30.3 Å². The van der Waals surface area contributed by atoms with E-state index < -0.39 is 0 Å². The number of rotatable bonds is 4. The first kappa shape index (κ1) is 16.0. The first-order chi connectivity index (χ1) is 9.92. The van der Waals surface area contributed by atoms with Crippen LogP contribution in [0, 0.1) is 5.92 Å². The van der Waals surface area contributed by atoms with Gasteiger partial charge in [-0.15, -0.1) is 0 Å². The number of nitrogens with zero attached hydrogens (tertiary/aromatic N) is 1. The Morgan fingerprint density at radius 1 is 1.33 bits per heavy atom. The second-order valence-corrected chi connectivity index (χ2v) is 7.03. The summed E-state index contributed by atoms with van der Waals surface area (Å²) < 4.78 is 0. The van der Waals surface area contributed by atoms with Crippen LogP contribution in [0.25, 0.3) is 0 Å². The summed E-state index contributed by atoms with van der Waals surface area (Å²) in [5, 5.41) is 0. The molecule has 0 bridgehead atoms. The average Bonchev–Trinajstić information content (AvgIpc) is 2.47. The molecular formula is C18H28N2O. The van der Waals surface area contributed by atoms with Gasteiger partial charge in [0, 0.05) is 18.5 Å². The fourth-order valence-corrected chi connectivity index (χ4v) is 3.35. The molecule has 1 unspecified atom stereocenters. The summed E-state index contributed by atoms with van der Waals surface area (Å²) in [5.74, 6) is 0.569. The van der Waals surface area contributed by atoms with Crippen LogP contribution in [-0.2, 0) is 10.2 Å². The van der Waals surface area contributed by atoms with Gasteiger partial charge in [0.1, 0.15) is 0 Å². The van der Waals surface area contributed by atoms with Gasteiger partial charge in [-0.3, -0.25) is 4.79 Å². The Balaban J connectivity index is 2.08. The van der Waals surface area contributed by atoms with Crippen LogP contribution >= 0.6 is 0 Å². The monoisotopic (exact) mass is 288 g/mol. The molecule has 1 aromatic carbocycles. The molecule has 3 nitrogen and oxygen atoms in total. The molecule has 1 aliphatic heterocycles. The zero-order valence-corrected chi connectivity index (χ0v) is 13.5. The molecular weight excluding hydrogens is 260 g/mol. The minimum absolute atomic E-state index is 0.0483. The Hall–Kier alpha value is -1.35. The second-order valence-electron chi connectivity index (χ2n) is 7.03. The first-order valence-electron chi connectivity index (χ1n) is 8.02. The van der Waals surface area contributed by atoms with Crippen molar-refractivity contribution >= 4 is 5.91 Å². The number of piperidine rings is 1. The molecule has 2 rings (SSSR count). The minimum Gasteiger partial charge on any atom is -0.340 e. The molecule has 2 atom stereocenters. The van der Waals surface area contributed by atoms with Gasteiger partial charge in [0.15, 0.2) is 0 Å². The van der Waals surface area contributed by atoms with E-state index in [1.54, 1.807) is 0 Å². The maximum atomic E-state index is 12.6. The molecule has 1 aliphatic rings. The maximum absolute atomic E-state index is 12.6.